The van der Waals surface area contributed by atoms with Crippen LogP contribution in [0.2, 0.25) is 0 Å². The van der Waals surface area contributed by atoms with Crippen LogP contribution in [0, 0.1) is 0 Å². The highest BCUT2D eigenvalue weighted by atomic mass is 16.5. The summed E-state index contributed by atoms with van der Waals surface area (Å²) >= 11 is 0. The molecule has 1 aliphatic rings. The summed E-state index contributed by atoms with van der Waals surface area (Å²) in [6.45, 7) is 3.08. The molecule has 3 rings (SSSR count). The summed E-state index contributed by atoms with van der Waals surface area (Å²) in [6.07, 6.45) is 13.2. The normalized spacial score (nSPS) is 19.2. The van der Waals surface area contributed by atoms with Crippen LogP contribution in [0.4, 0.5) is 0 Å². The molecule has 0 bridgehead atoms. The third kappa shape index (κ3) is 6.60. The fraction of sp³-hybridized carbons (Fsp3) is 0.556. The molecule has 0 unspecified atom stereocenters. The summed E-state index contributed by atoms with van der Waals surface area (Å²) in [4.78, 5) is 0. The van der Waals surface area contributed by atoms with Crippen LogP contribution in [0.3, 0.4) is 0 Å². The van der Waals surface area contributed by atoms with Gasteiger partial charge in [-0.3, -0.25) is 0 Å². The molecule has 0 heterocycles. The molecule has 2 aromatic carbocycles. The molecule has 0 aromatic heterocycles. The molecule has 29 heavy (non-hydrogen) atoms. The SMILES string of the molecule is CCCCCCCCOc1ccc(-c2ccc([C@H]3CCCC[C@@H]3OC)cc2)cc1. The third-order valence-corrected chi connectivity index (χ3v) is 6.30. The van der Waals surface area contributed by atoms with Gasteiger partial charge in [0.05, 0.1) is 12.7 Å². The molecule has 158 valence electrons. The van der Waals surface area contributed by atoms with Gasteiger partial charge in [0.25, 0.3) is 0 Å². The lowest BCUT2D eigenvalue weighted by atomic mass is 9.81. The Bertz CT molecular complexity index is 689. The van der Waals surface area contributed by atoms with Gasteiger partial charge in [0, 0.05) is 13.0 Å². The molecule has 2 aromatic rings. The van der Waals surface area contributed by atoms with Gasteiger partial charge in [0.1, 0.15) is 5.75 Å². The van der Waals surface area contributed by atoms with E-state index in [1.807, 2.05) is 7.11 Å². The Morgan fingerprint density at radius 2 is 1.38 bits per heavy atom. The van der Waals surface area contributed by atoms with Crippen molar-refractivity contribution in [3.05, 3.63) is 54.1 Å². The summed E-state index contributed by atoms with van der Waals surface area (Å²) in [5.41, 5.74) is 3.93. The van der Waals surface area contributed by atoms with Crippen LogP contribution in [0.1, 0.15) is 82.6 Å². The van der Waals surface area contributed by atoms with Crippen LogP contribution < -0.4 is 4.74 Å². The zero-order valence-corrected chi connectivity index (χ0v) is 18.4. The van der Waals surface area contributed by atoms with Gasteiger partial charge >= 0.3 is 0 Å². The Kier molecular flexibility index (Phi) is 9.08. The smallest absolute Gasteiger partial charge is 0.119 e. The van der Waals surface area contributed by atoms with E-state index in [9.17, 15) is 0 Å². The lowest BCUT2D eigenvalue weighted by Gasteiger charge is -2.30. The Morgan fingerprint density at radius 1 is 0.759 bits per heavy atom. The second-order valence-electron chi connectivity index (χ2n) is 8.43. The Labute approximate surface area is 177 Å². The van der Waals surface area contributed by atoms with Crippen molar-refractivity contribution in [2.45, 2.75) is 83.2 Å². The van der Waals surface area contributed by atoms with E-state index in [0.29, 0.717) is 12.0 Å². The molecule has 0 amide bonds. The fourth-order valence-electron chi connectivity index (χ4n) is 4.50. The maximum absolute atomic E-state index is 5.91. The average molecular weight is 395 g/mol. The fourth-order valence-corrected chi connectivity index (χ4v) is 4.50. The molecule has 1 aliphatic carbocycles. The van der Waals surface area contributed by atoms with Crippen molar-refractivity contribution in [1.82, 2.24) is 0 Å². The van der Waals surface area contributed by atoms with Gasteiger partial charge in [-0.05, 0) is 48.1 Å². The topological polar surface area (TPSA) is 18.5 Å². The largest absolute Gasteiger partial charge is 0.494 e. The van der Waals surface area contributed by atoms with Crippen LogP contribution in [0.25, 0.3) is 11.1 Å². The van der Waals surface area contributed by atoms with Crippen molar-refractivity contribution < 1.29 is 9.47 Å². The summed E-state index contributed by atoms with van der Waals surface area (Å²) in [6, 6.07) is 17.6. The van der Waals surface area contributed by atoms with E-state index in [1.165, 1.54) is 74.5 Å². The minimum absolute atomic E-state index is 0.373. The first-order valence-electron chi connectivity index (χ1n) is 11.7. The molecule has 0 radical (unpaired) electrons. The van der Waals surface area contributed by atoms with Gasteiger partial charge in [-0.1, -0.05) is 88.3 Å². The van der Waals surface area contributed by atoms with Crippen molar-refractivity contribution in [3.8, 4) is 16.9 Å². The summed E-state index contributed by atoms with van der Waals surface area (Å²) in [5, 5.41) is 0. The molecule has 1 saturated carbocycles. The predicted octanol–water partition coefficient (Wildman–Crippen LogP) is 7.77. The number of benzene rings is 2. The van der Waals surface area contributed by atoms with E-state index < -0.39 is 0 Å². The Hall–Kier alpha value is -1.80. The van der Waals surface area contributed by atoms with E-state index in [0.717, 1.165) is 18.8 Å². The maximum Gasteiger partial charge on any atom is 0.119 e. The van der Waals surface area contributed by atoms with Crippen molar-refractivity contribution in [2.24, 2.45) is 0 Å². The van der Waals surface area contributed by atoms with Crippen molar-refractivity contribution in [3.63, 3.8) is 0 Å². The summed E-state index contributed by atoms with van der Waals surface area (Å²) < 4.78 is 11.6. The number of hydrogen-bond acceptors (Lipinski definition) is 2. The van der Waals surface area contributed by atoms with Gasteiger partial charge in [-0.25, -0.2) is 0 Å². The van der Waals surface area contributed by atoms with Gasteiger partial charge in [0.15, 0.2) is 0 Å². The van der Waals surface area contributed by atoms with Crippen molar-refractivity contribution in [1.29, 1.82) is 0 Å². The quantitative estimate of drug-likeness (QED) is 0.362. The van der Waals surface area contributed by atoms with Crippen LogP contribution in [-0.2, 0) is 4.74 Å². The van der Waals surface area contributed by atoms with Crippen LogP contribution >= 0.6 is 0 Å². The minimum atomic E-state index is 0.373. The average Bonchev–Trinajstić information content (AvgIpc) is 2.79. The van der Waals surface area contributed by atoms with Crippen LogP contribution in [0.15, 0.2) is 48.5 Å². The van der Waals surface area contributed by atoms with Gasteiger partial charge in [-0.15, -0.1) is 0 Å². The Balaban J connectivity index is 1.49. The minimum Gasteiger partial charge on any atom is -0.494 e. The van der Waals surface area contributed by atoms with E-state index >= 15 is 0 Å². The molecule has 0 spiro atoms. The van der Waals surface area contributed by atoms with E-state index in [1.54, 1.807) is 0 Å². The van der Waals surface area contributed by atoms with E-state index in [4.69, 9.17) is 9.47 Å². The first-order chi connectivity index (χ1) is 14.3. The Morgan fingerprint density at radius 3 is 2.07 bits per heavy atom. The van der Waals surface area contributed by atoms with Gasteiger partial charge < -0.3 is 9.47 Å². The zero-order chi connectivity index (χ0) is 20.3. The number of methoxy groups -OCH3 is 1. The second kappa shape index (κ2) is 12.0. The lowest BCUT2D eigenvalue weighted by Crippen LogP contribution is -2.24. The maximum atomic E-state index is 5.91. The van der Waals surface area contributed by atoms with Gasteiger partial charge in [-0.2, -0.15) is 0 Å². The van der Waals surface area contributed by atoms with Crippen molar-refractivity contribution >= 4 is 0 Å². The molecular weight excluding hydrogens is 356 g/mol. The molecule has 0 aliphatic heterocycles. The molecule has 2 heteroatoms. The van der Waals surface area contributed by atoms with E-state index in [2.05, 4.69) is 55.5 Å². The summed E-state index contributed by atoms with van der Waals surface area (Å²) in [7, 11) is 1.85. The number of rotatable bonds is 11. The van der Waals surface area contributed by atoms with Crippen LogP contribution in [-0.4, -0.2) is 19.8 Å². The zero-order valence-electron chi connectivity index (χ0n) is 18.4. The first kappa shape index (κ1) is 21.9. The highest BCUT2D eigenvalue weighted by Crippen LogP contribution is 2.35. The van der Waals surface area contributed by atoms with Gasteiger partial charge in [0.2, 0.25) is 0 Å². The molecule has 2 nitrogen and oxygen atoms in total. The highest BCUT2D eigenvalue weighted by molar-refractivity contribution is 5.64. The van der Waals surface area contributed by atoms with E-state index in [-0.39, 0.29) is 0 Å². The van der Waals surface area contributed by atoms with Crippen LogP contribution in [0.5, 0.6) is 5.75 Å². The summed E-state index contributed by atoms with van der Waals surface area (Å²) in [5.74, 6) is 1.52. The molecule has 0 saturated heterocycles. The standard InChI is InChI=1S/C27H38O2/c1-3-4-5-6-7-10-21-29-25-19-17-23(18-20-25)22-13-15-24(16-14-22)26-11-8-9-12-27(26)28-2/h13-20,26-27H,3-12,21H2,1-2H3/t26-,27+/m1/s1. The molecule has 2 atom stereocenters. The number of unbranched alkanes of at least 4 members (excludes halogenated alkanes) is 5. The highest BCUT2D eigenvalue weighted by Gasteiger charge is 2.26. The first-order valence-corrected chi connectivity index (χ1v) is 11.7. The lowest BCUT2D eigenvalue weighted by molar-refractivity contribution is 0.0523. The second-order valence-corrected chi connectivity index (χ2v) is 8.43. The molecule has 1 fully saturated rings. The number of ether oxygens (including phenoxy) is 2. The monoisotopic (exact) mass is 394 g/mol. The number of hydrogen-bond donors (Lipinski definition) is 0. The molecule has 0 N–H and O–H groups in total. The predicted molar refractivity (Wildman–Crippen MR) is 123 cm³/mol. The molecular formula is C27H38O2. The van der Waals surface area contributed by atoms with Crippen molar-refractivity contribution in [2.75, 3.05) is 13.7 Å². The third-order valence-electron chi connectivity index (χ3n) is 6.30.